The van der Waals surface area contributed by atoms with Gasteiger partial charge in [0.1, 0.15) is 0 Å². The van der Waals surface area contributed by atoms with Crippen LogP contribution in [0.4, 0.5) is 0 Å². The summed E-state index contributed by atoms with van der Waals surface area (Å²) in [6.07, 6.45) is 0. The molecule has 0 amide bonds. The first-order valence-electron chi connectivity index (χ1n) is 3.68. The zero-order valence-corrected chi connectivity index (χ0v) is 8.47. The number of aromatic carboxylic acids is 2. The number of carboxylic acids is 2. The van der Waals surface area contributed by atoms with Crippen molar-refractivity contribution in [2.45, 2.75) is 0 Å². The first kappa shape index (κ1) is 13.8. The Hall–Kier alpha value is -2.22. The standard InChI is InChI=1S/C8H6O4.O3S/c9-7(10)5-3-1-2-4-6(5)8(11)12;1-4(2)3/h1-4H,(H,9,10)(H,11,12);. The van der Waals surface area contributed by atoms with Crippen molar-refractivity contribution in [3.63, 3.8) is 0 Å². The molecule has 0 aliphatic heterocycles. The number of carbonyl (C=O) groups is 2. The zero-order chi connectivity index (χ0) is 12.7. The molecule has 2 N–H and O–H groups in total. The quantitative estimate of drug-likeness (QED) is 0.756. The maximum atomic E-state index is 10.5. The second-order valence-electron chi connectivity index (χ2n) is 2.36. The first-order valence-corrected chi connectivity index (χ1v) is 4.68. The molecular formula is C8H6O7S. The molecule has 86 valence electrons. The Morgan fingerprint density at radius 3 is 1.31 bits per heavy atom. The fraction of sp³-hybridized carbons (Fsp3) is 0. The third-order valence-electron chi connectivity index (χ3n) is 1.39. The van der Waals surface area contributed by atoms with Crippen LogP contribution >= 0.6 is 0 Å². The van der Waals surface area contributed by atoms with Gasteiger partial charge in [0, 0.05) is 0 Å². The van der Waals surface area contributed by atoms with E-state index in [9.17, 15) is 9.59 Å². The van der Waals surface area contributed by atoms with Crippen LogP contribution in [0.5, 0.6) is 0 Å². The Labute approximate surface area is 91.0 Å². The molecule has 1 aromatic carbocycles. The fourth-order valence-electron chi connectivity index (χ4n) is 0.856. The molecule has 0 fully saturated rings. The molecule has 16 heavy (non-hydrogen) atoms. The summed E-state index contributed by atoms with van der Waals surface area (Å²) in [5.74, 6) is -2.46. The van der Waals surface area contributed by atoms with Gasteiger partial charge in [0.05, 0.1) is 11.1 Å². The molecule has 7 nitrogen and oxygen atoms in total. The summed E-state index contributed by atoms with van der Waals surface area (Å²) in [7, 11) is -3.11. The number of hydrogen-bond acceptors (Lipinski definition) is 5. The predicted octanol–water partition coefficient (Wildman–Crippen LogP) is 0.0789. The summed E-state index contributed by atoms with van der Waals surface area (Å²) < 4.78 is 25.3. The van der Waals surface area contributed by atoms with Gasteiger partial charge in [0.2, 0.25) is 0 Å². The van der Waals surface area contributed by atoms with Gasteiger partial charge in [-0.3, -0.25) is 0 Å². The molecule has 0 atom stereocenters. The van der Waals surface area contributed by atoms with Gasteiger partial charge in [-0.1, -0.05) is 12.1 Å². The molecule has 1 rings (SSSR count). The lowest BCUT2D eigenvalue weighted by Gasteiger charge is -1.98. The second-order valence-corrected chi connectivity index (χ2v) is 2.77. The van der Waals surface area contributed by atoms with Crippen molar-refractivity contribution >= 4 is 22.5 Å². The third kappa shape index (κ3) is 4.86. The van der Waals surface area contributed by atoms with E-state index < -0.39 is 22.5 Å². The Kier molecular flexibility index (Phi) is 5.42. The second kappa shape index (κ2) is 6.30. The SMILES string of the molecule is O=C(O)c1ccccc1C(=O)O.O=S(=O)=O. The van der Waals surface area contributed by atoms with Crippen molar-refractivity contribution in [1.82, 2.24) is 0 Å². The molecule has 8 heteroatoms. The van der Waals surface area contributed by atoms with Gasteiger partial charge < -0.3 is 10.2 Å². The smallest absolute Gasteiger partial charge is 0.425 e. The average Bonchev–Trinajstić information content (AvgIpc) is 2.16. The Balaban J connectivity index is 0.000000487. The fourth-order valence-corrected chi connectivity index (χ4v) is 0.856. The highest BCUT2D eigenvalue weighted by Crippen LogP contribution is 2.07. The molecule has 0 unspecified atom stereocenters. The lowest BCUT2D eigenvalue weighted by atomic mass is 10.1. The van der Waals surface area contributed by atoms with Crippen LogP contribution < -0.4 is 0 Å². The minimum absolute atomic E-state index is 0.190. The molecule has 0 aliphatic rings. The monoisotopic (exact) mass is 246 g/mol. The molecule has 0 aromatic heterocycles. The Morgan fingerprint density at radius 1 is 0.875 bits per heavy atom. The van der Waals surface area contributed by atoms with E-state index in [2.05, 4.69) is 0 Å². The van der Waals surface area contributed by atoms with E-state index in [0.717, 1.165) is 0 Å². The molecular weight excluding hydrogens is 240 g/mol. The first-order chi connectivity index (χ1) is 7.36. The number of rotatable bonds is 2. The molecule has 0 spiro atoms. The maximum Gasteiger partial charge on any atom is 0.425 e. The van der Waals surface area contributed by atoms with Crippen LogP contribution in [0.15, 0.2) is 24.3 Å². The third-order valence-corrected chi connectivity index (χ3v) is 1.39. The molecule has 0 saturated carbocycles. The summed E-state index contributed by atoms with van der Waals surface area (Å²) in [5.41, 5.74) is -0.380. The number of carboxylic acid groups (broad SMARTS) is 2. The highest BCUT2D eigenvalue weighted by Gasteiger charge is 2.13. The van der Waals surface area contributed by atoms with Gasteiger partial charge in [-0.2, -0.15) is 0 Å². The lowest BCUT2D eigenvalue weighted by molar-refractivity contribution is 0.0651. The van der Waals surface area contributed by atoms with Gasteiger partial charge in [-0.15, -0.1) is 12.6 Å². The summed E-state index contributed by atoms with van der Waals surface area (Å²) in [6.45, 7) is 0. The van der Waals surface area contributed by atoms with E-state index in [1.807, 2.05) is 0 Å². The largest absolute Gasteiger partial charge is 0.478 e. The summed E-state index contributed by atoms with van der Waals surface area (Å²) in [5, 5.41) is 17.1. The van der Waals surface area contributed by atoms with E-state index in [4.69, 9.17) is 22.8 Å². The van der Waals surface area contributed by atoms with Crippen molar-refractivity contribution in [3.8, 4) is 0 Å². The summed E-state index contributed by atoms with van der Waals surface area (Å²) in [4.78, 5) is 20.9. The molecule has 1 aromatic rings. The molecule has 0 heterocycles. The van der Waals surface area contributed by atoms with Gasteiger partial charge in [0.25, 0.3) is 0 Å². The van der Waals surface area contributed by atoms with Gasteiger partial charge in [-0.05, 0) is 12.1 Å². The van der Waals surface area contributed by atoms with Crippen LogP contribution in [0.1, 0.15) is 20.7 Å². The van der Waals surface area contributed by atoms with Crippen molar-refractivity contribution < 1.29 is 32.4 Å². The van der Waals surface area contributed by atoms with Gasteiger partial charge in [0.15, 0.2) is 0 Å². The zero-order valence-electron chi connectivity index (χ0n) is 7.65. The normalized spacial score (nSPS) is 8.50. The summed E-state index contributed by atoms with van der Waals surface area (Å²) in [6, 6.07) is 5.48. The number of hydrogen-bond donors (Lipinski definition) is 2. The molecule has 0 saturated heterocycles. The van der Waals surface area contributed by atoms with Crippen LogP contribution in [0.25, 0.3) is 0 Å². The van der Waals surface area contributed by atoms with Crippen molar-refractivity contribution in [3.05, 3.63) is 35.4 Å². The minimum atomic E-state index is -3.11. The lowest BCUT2D eigenvalue weighted by Crippen LogP contribution is -2.06. The predicted molar refractivity (Wildman–Crippen MR) is 50.1 cm³/mol. The van der Waals surface area contributed by atoms with Crippen LogP contribution in [-0.4, -0.2) is 34.8 Å². The van der Waals surface area contributed by atoms with E-state index in [1.165, 1.54) is 24.3 Å². The van der Waals surface area contributed by atoms with Gasteiger partial charge in [-0.25, -0.2) is 9.59 Å². The highest BCUT2D eigenvalue weighted by molar-refractivity contribution is 7.59. The molecule has 0 bridgehead atoms. The van der Waals surface area contributed by atoms with Crippen molar-refractivity contribution in [2.24, 2.45) is 0 Å². The van der Waals surface area contributed by atoms with E-state index in [-0.39, 0.29) is 11.1 Å². The topological polar surface area (TPSA) is 126 Å². The highest BCUT2D eigenvalue weighted by atomic mass is 32.2. The van der Waals surface area contributed by atoms with Crippen molar-refractivity contribution in [1.29, 1.82) is 0 Å². The van der Waals surface area contributed by atoms with Gasteiger partial charge >= 0.3 is 22.5 Å². The minimum Gasteiger partial charge on any atom is -0.478 e. The molecule has 0 radical (unpaired) electrons. The molecule has 0 aliphatic carbocycles. The number of benzene rings is 1. The van der Waals surface area contributed by atoms with Crippen molar-refractivity contribution in [2.75, 3.05) is 0 Å². The van der Waals surface area contributed by atoms with Crippen LogP contribution in [-0.2, 0) is 10.6 Å². The van der Waals surface area contributed by atoms with Crippen LogP contribution in [0, 0.1) is 0 Å². The van der Waals surface area contributed by atoms with E-state index >= 15 is 0 Å². The Morgan fingerprint density at radius 2 is 1.12 bits per heavy atom. The Bertz CT molecular complexity index is 462. The van der Waals surface area contributed by atoms with E-state index in [0.29, 0.717) is 0 Å². The van der Waals surface area contributed by atoms with Crippen LogP contribution in [0.2, 0.25) is 0 Å². The average molecular weight is 246 g/mol. The van der Waals surface area contributed by atoms with E-state index in [1.54, 1.807) is 0 Å². The summed E-state index contributed by atoms with van der Waals surface area (Å²) >= 11 is 0. The van der Waals surface area contributed by atoms with Crippen LogP contribution in [0.3, 0.4) is 0 Å². The maximum absolute atomic E-state index is 10.5.